The molecular weight excluding hydrogens is 496 g/mol. The molecule has 2 atom stereocenters. The molecule has 9 heteroatoms. The fourth-order valence-electron chi connectivity index (χ4n) is 4.86. The monoisotopic (exact) mass is 518 g/mol. The summed E-state index contributed by atoms with van der Waals surface area (Å²) in [6.45, 7) is 4.01. The number of phenols is 1. The van der Waals surface area contributed by atoms with Gasteiger partial charge in [0.05, 0.1) is 29.0 Å². The lowest BCUT2D eigenvalue weighted by molar-refractivity contribution is 0.0697. The van der Waals surface area contributed by atoms with Gasteiger partial charge in [0.15, 0.2) is 5.11 Å². The molecule has 0 bridgehead atoms. The minimum atomic E-state index is -0.969. The van der Waals surface area contributed by atoms with Crippen LogP contribution in [0.4, 0.5) is 5.69 Å². The standard InChI is InChI=1S/C27H23ClN4O3S/c1-15-13-20(16(2)31(15)19-9-6-17(7-10-19)26(34)35)25-24(21-5-3-4-12-29-21)30-27(36)32(25)22-14-18(28)8-11-23(22)33/h3-14,24-25,33H,1-2H3,(H,30,36)(H,34,35)/t24-,25+/m0/s1. The van der Waals surface area contributed by atoms with Gasteiger partial charge in [-0.1, -0.05) is 17.7 Å². The van der Waals surface area contributed by atoms with Gasteiger partial charge < -0.3 is 25.0 Å². The molecule has 4 aromatic rings. The quantitative estimate of drug-likeness (QED) is 0.291. The van der Waals surface area contributed by atoms with Gasteiger partial charge in [-0.2, -0.15) is 0 Å². The van der Waals surface area contributed by atoms with Crippen LogP contribution in [-0.2, 0) is 0 Å². The molecule has 5 rings (SSSR count). The number of benzene rings is 2. The maximum Gasteiger partial charge on any atom is 0.335 e. The van der Waals surface area contributed by atoms with Crippen LogP contribution < -0.4 is 10.2 Å². The number of pyridine rings is 1. The van der Waals surface area contributed by atoms with E-state index in [4.69, 9.17) is 23.8 Å². The molecule has 1 saturated heterocycles. The van der Waals surface area contributed by atoms with Crippen LogP contribution in [0.1, 0.15) is 45.1 Å². The Balaban J connectivity index is 1.68. The number of thiocarbonyl (C=S) groups is 1. The molecule has 1 aliphatic heterocycles. The summed E-state index contributed by atoms with van der Waals surface area (Å²) in [4.78, 5) is 17.8. The Labute approximate surface area is 218 Å². The highest BCUT2D eigenvalue weighted by Gasteiger charge is 2.43. The highest BCUT2D eigenvalue weighted by atomic mass is 35.5. The van der Waals surface area contributed by atoms with Crippen molar-refractivity contribution in [1.82, 2.24) is 14.9 Å². The fourth-order valence-corrected chi connectivity index (χ4v) is 5.36. The van der Waals surface area contributed by atoms with Crippen molar-refractivity contribution in [2.45, 2.75) is 25.9 Å². The molecule has 0 radical (unpaired) electrons. The molecular formula is C27H23ClN4O3S. The number of carboxylic acids is 1. The smallest absolute Gasteiger partial charge is 0.335 e. The predicted molar refractivity (Wildman–Crippen MR) is 143 cm³/mol. The summed E-state index contributed by atoms with van der Waals surface area (Å²) in [5.74, 6) is -0.905. The lowest BCUT2D eigenvalue weighted by atomic mass is 9.96. The van der Waals surface area contributed by atoms with Crippen LogP contribution in [0.15, 0.2) is 72.9 Å². The van der Waals surface area contributed by atoms with E-state index in [1.807, 2.05) is 36.9 Å². The summed E-state index contributed by atoms with van der Waals surface area (Å²) in [5.41, 5.74) is 5.30. The van der Waals surface area contributed by atoms with Crippen LogP contribution in [0, 0.1) is 13.8 Å². The molecule has 3 N–H and O–H groups in total. The highest BCUT2D eigenvalue weighted by molar-refractivity contribution is 7.80. The van der Waals surface area contributed by atoms with Crippen LogP contribution in [0.3, 0.4) is 0 Å². The number of nitrogens with zero attached hydrogens (tertiary/aromatic N) is 3. The zero-order valence-electron chi connectivity index (χ0n) is 19.5. The topological polar surface area (TPSA) is 90.6 Å². The Morgan fingerprint density at radius 3 is 2.50 bits per heavy atom. The first-order valence-corrected chi connectivity index (χ1v) is 12.1. The van der Waals surface area contributed by atoms with Crippen molar-refractivity contribution in [2.24, 2.45) is 0 Å². The Kier molecular flexibility index (Phi) is 6.15. The number of carboxylic acid groups (broad SMARTS) is 1. The molecule has 2 aromatic carbocycles. The molecule has 0 amide bonds. The average molecular weight is 519 g/mol. The average Bonchev–Trinajstić information content (AvgIpc) is 3.36. The van der Waals surface area contributed by atoms with Gasteiger partial charge in [0.25, 0.3) is 0 Å². The van der Waals surface area contributed by atoms with Gasteiger partial charge in [-0.15, -0.1) is 0 Å². The zero-order valence-corrected chi connectivity index (χ0v) is 21.1. The first-order chi connectivity index (χ1) is 17.3. The minimum absolute atomic E-state index is 0.0632. The van der Waals surface area contributed by atoms with Crippen molar-refractivity contribution in [2.75, 3.05) is 4.90 Å². The van der Waals surface area contributed by atoms with E-state index in [0.29, 0.717) is 15.8 Å². The van der Waals surface area contributed by atoms with E-state index >= 15 is 0 Å². The molecule has 0 spiro atoms. The first-order valence-electron chi connectivity index (χ1n) is 11.3. The molecule has 0 saturated carbocycles. The summed E-state index contributed by atoms with van der Waals surface area (Å²) >= 11 is 12.1. The number of aromatic hydroxyl groups is 1. The summed E-state index contributed by atoms with van der Waals surface area (Å²) < 4.78 is 2.08. The highest BCUT2D eigenvalue weighted by Crippen LogP contribution is 2.46. The molecule has 0 aliphatic carbocycles. The number of carbonyl (C=O) groups is 1. The van der Waals surface area contributed by atoms with Crippen molar-refractivity contribution in [3.63, 3.8) is 0 Å². The molecule has 7 nitrogen and oxygen atoms in total. The number of aromatic carboxylic acids is 1. The van der Waals surface area contributed by atoms with Gasteiger partial charge >= 0.3 is 5.97 Å². The SMILES string of the molecule is Cc1cc([C@@H]2[C@H](c3ccccn3)NC(=S)N2c2cc(Cl)ccc2O)c(C)n1-c1ccc(C(=O)O)cc1. The summed E-state index contributed by atoms with van der Waals surface area (Å²) in [7, 11) is 0. The van der Waals surface area contributed by atoms with Gasteiger partial charge in [-0.25, -0.2) is 4.79 Å². The second-order valence-electron chi connectivity index (χ2n) is 8.64. The van der Waals surface area contributed by atoms with E-state index in [0.717, 1.165) is 28.3 Å². The maximum absolute atomic E-state index is 11.3. The van der Waals surface area contributed by atoms with E-state index in [1.54, 1.807) is 48.7 Å². The fraction of sp³-hybridized carbons (Fsp3) is 0.148. The Morgan fingerprint density at radius 2 is 1.83 bits per heavy atom. The summed E-state index contributed by atoms with van der Waals surface area (Å²) in [6.07, 6.45) is 1.74. The molecule has 3 heterocycles. The number of nitrogens with one attached hydrogen (secondary N) is 1. The second-order valence-corrected chi connectivity index (χ2v) is 9.47. The zero-order chi connectivity index (χ0) is 25.6. The lowest BCUT2D eigenvalue weighted by Crippen LogP contribution is -2.29. The third-order valence-electron chi connectivity index (χ3n) is 6.46. The van der Waals surface area contributed by atoms with E-state index < -0.39 is 5.97 Å². The van der Waals surface area contributed by atoms with Crippen molar-refractivity contribution >= 4 is 40.6 Å². The third-order valence-corrected chi connectivity index (χ3v) is 7.01. The van der Waals surface area contributed by atoms with Crippen molar-refractivity contribution in [1.29, 1.82) is 0 Å². The van der Waals surface area contributed by atoms with Crippen molar-refractivity contribution < 1.29 is 15.0 Å². The van der Waals surface area contributed by atoms with E-state index in [9.17, 15) is 15.0 Å². The van der Waals surface area contributed by atoms with Gasteiger partial charge in [-0.3, -0.25) is 4.98 Å². The summed E-state index contributed by atoms with van der Waals surface area (Å²) in [6, 6.07) is 18.8. The Morgan fingerprint density at radius 1 is 1.08 bits per heavy atom. The molecule has 1 aliphatic rings. The molecule has 1 fully saturated rings. The Hall–Kier alpha value is -3.88. The number of anilines is 1. The molecule has 36 heavy (non-hydrogen) atoms. The predicted octanol–water partition coefficient (Wildman–Crippen LogP) is 5.72. The van der Waals surface area contributed by atoms with Crippen LogP contribution >= 0.6 is 23.8 Å². The van der Waals surface area contributed by atoms with Crippen molar-refractivity contribution in [3.8, 4) is 11.4 Å². The number of hydrogen-bond donors (Lipinski definition) is 3. The number of hydrogen-bond acceptors (Lipinski definition) is 4. The maximum atomic E-state index is 11.3. The summed E-state index contributed by atoms with van der Waals surface area (Å²) in [5, 5.41) is 24.4. The van der Waals surface area contributed by atoms with Gasteiger partial charge in [0.2, 0.25) is 0 Å². The lowest BCUT2D eigenvalue weighted by Gasteiger charge is -2.28. The minimum Gasteiger partial charge on any atom is -0.506 e. The molecule has 2 aromatic heterocycles. The number of rotatable bonds is 5. The van der Waals surface area contributed by atoms with E-state index in [2.05, 4.69) is 20.9 Å². The number of aryl methyl sites for hydroxylation is 1. The van der Waals surface area contributed by atoms with Gasteiger partial charge in [0, 0.05) is 28.3 Å². The third kappa shape index (κ3) is 4.08. The number of halogens is 1. The van der Waals surface area contributed by atoms with Crippen molar-refractivity contribution in [3.05, 3.63) is 106 Å². The van der Waals surface area contributed by atoms with Gasteiger partial charge in [-0.05, 0) is 92.3 Å². The van der Waals surface area contributed by atoms with Crippen LogP contribution in [0.2, 0.25) is 5.02 Å². The van der Waals surface area contributed by atoms with Crippen LogP contribution in [0.25, 0.3) is 5.69 Å². The van der Waals surface area contributed by atoms with Gasteiger partial charge in [0.1, 0.15) is 5.75 Å². The number of aromatic nitrogens is 2. The Bertz CT molecular complexity index is 1470. The first kappa shape index (κ1) is 23.8. The van der Waals surface area contributed by atoms with Crippen LogP contribution in [-0.4, -0.2) is 30.8 Å². The van der Waals surface area contributed by atoms with Crippen LogP contribution in [0.5, 0.6) is 5.75 Å². The van der Waals surface area contributed by atoms with E-state index in [-0.39, 0.29) is 23.4 Å². The number of phenolic OH excluding ortho intramolecular Hbond substituents is 1. The molecule has 0 unspecified atom stereocenters. The van der Waals surface area contributed by atoms with E-state index in [1.165, 1.54) is 0 Å². The largest absolute Gasteiger partial charge is 0.506 e. The second kappa shape index (κ2) is 9.29. The molecule has 182 valence electrons. The normalized spacial score (nSPS) is 17.3.